The van der Waals surface area contributed by atoms with Crippen LogP contribution in [-0.2, 0) is 0 Å². The number of piperidine rings is 1. The van der Waals surface area contributed by atoms with Crippen LogP contribution in [0.4, 0.5) is 0 Å². The van der Waals surface area contributed by atoms with Crippen LogP contribution in [0.2, 0.25) is 10.0 Å². The lowest BCUT2D eigenvalue weighted by atomic mass is 9.90. The molecule has 0 spiro atoms. The number of nitrogens with two attached hydrogens (primary N) is 1. The summed E-state index contributed by atoms with van der Waals surface area (Å²) in [4.78, 5) is 14.5. The molecule has 1 aliphatic heterocycles. The van der Waals surface area contributed by atoms with E-state index < -0.39 is 0 Å². The highest BCUT2D eigenvalue weighted by Crippen LogP contribution is 2.29. The van der Waals surface area contributed by atoms with E-state index in [2.05, 4.69) is 6.92 Å². The molecule has 0 aliphatic carbocycles. The Morgan fingerprint density at radius 1 is 1.47 bits per heavy atom. The van der Waals surface area contributed by atoms with E-state index in [-0.39, 0.29) is 11.9 Å². The maximum Gasteiger partial charge on any atom is 0.255 e. The number of hydrogen-bond acceptors (Lipinski definition) is 2. The third kappa shape index (κ3) is 2.88. The minimum atomic E-state index is -0.0745. The molecule has 104 valence electrons. The number of halogens is 2. The van der Waals surface area contributed by atoms with Gasteiger partial charge in [-0.25, -0.2) is 0 Å². The summed E-state index contributed by atoms with van der Waals surface area (Å²) in [5.41, 5.74) is 6.27. The SMILES string of the molecule is CC1CCCN(C(=O)c2cccc(Cl)c2Cl)C1CN. The number of benzene rings is 1. The van der Waals surface area contributed by atoms with E-state index in [0.717, 1.165) is 19.4 Å². The molecule has 1 heterocycles. The van der Waals surface area contributed by atoms with Gasteiger partial charge in [0.15, 0.2) is 0 Å². The number of amides is 1. The largest absolute Gasteiger partial charge is 0.334 e. The first-order valence-corrected chi connectivity index (χ1v) is 7.27. The molecule has 2 rings (SSSR count). The van der Waals surface area contributed by atoms with Gasteiger partial charge < -0.3 is 10.6 Å². The van der Waals surface area contributed by atoms with Crippen molar-refractivity contribution < 1.29 is 4.79 Å². The highest BCUT2D eigenvalue weighted by atomic mass is 35.5. The zero-order chi connectivity index (χ0) is 14.0. The van der Waals surface area contributed by atoms with Gasteiger partial charge in [-0.15, -0.1) is 0 Å². The fraction of sp³-hybridized carbons (Fsp3) is 0.500. The van der Waals surface area contributed by atoms with Crippen molar-refractivity contribution in [1.82, 2.24) is 4.90 Å². The maximum atomic E-state index is 12.6. The fourth-order valence-corrected chi connectivity index (χ4v) is 3.07. The van der Waals surface area contributed by atoms with Crippen molar-refractivity contribution in [2.75, 3.05) is 13.1 Å². The summed E-state index contributed by atoms with van der Waals surface area (Å²) in [6, 6.07) is 5.21. The van der Waals surface area contributed by atoms with Crippen LogP contribution < -0.4 is 5.73 Å². The van der Waals surface area contributed by atoms with E-state index in [1.54, 1.807) is 18.2 Å². The Labute approximate surface area is 123 Å². The first-order valence-electron chi connectivity index (χ1n) is 6.51. The molecule has 1 aromatic carbocycles. The number of nitrogens with zero attached hydrogens (tertiary/aromatic N) is 1. The first-order chi connectivity index (χ1) is 9.06. The third-order valence-electron chi connectivity index (χ3n) is 3.80. The Morgan fingerprint density at radius 3 is 2.89 bits per heavy atom. The van der Waals surface area contributed by atoms with Gasteiger partial charge in [-0.1, -0.05) is 36.2 Å². The summed E-state index contributed by atoms with van der Waals surface area (Å²) in [5.74, 6) is 0.343. The van der Waals surface area contributed by atoms with Crippen LogP contribution in [0.3, 0.4) is 0 Å². The molecule has 0 radical (unpaired) electrons. The predicted molar refractivity (Wildman–Crippen MR) is 78.7 cm³/mol. The van der Waals surface area contributed by atoms with Gasteiger partial charge in [0.1, 0.15) is 0 Å². The molecule has 1 aromatic rings. The highest BCUT2D eigenvalue weighted by molar-refractivity contribution is 6.43. The Balaban J connectivity index is 2.29. The van der Waals surface area contributed by atoms with Gasteiger partial charge in [-0.3, -0.25) is 4.79 Å². The van der Waals surface area contributed by atoms with E-state index in [1.165, 1.54) is 0 Å². The molecular weight excluding hydrogens is 283 g/mol. The number of carbonyl (C=O) groups is 1. The highest BCUT2D eigenvalue weighted by Gasteiger charge is 2.32. The van der Waals surface area contributed by atoms with Crippen LogP contribution in [0.1, 0.15) is 30.1 Å². The van der Waals surface area contributed by atoms with Gasteiger partial charge in [0, 0.05) is 19.1 Å². The summed E-state index contributed by atoms with van der Waals surface area (Å²) in [7, 11) is 0. The lowest BCUT2D eigenvalue weighted by Crippen LogP contribution is -2.51. The lowest BCUT2D eigenvalue weighted by Gasteiger charge is -2.39. The summed E-state index contributed by atoms with van der Waals surface area (Å²) in [6.07, 6.45) is 2.11. The molecule has 0 bridgehead atoms. The normalized spacial score (nSPS) is 23.5. The Morgan fingerprint density at radius 2 is 2.21 bits per heavy atom. The molecule has 1 aliphatic rings. The summed E-state index contributed by atoms with van der Waals surface area (Å²) < 4.78 is 0. The number of likely N-dealkylation sites (tertiary alicyclic amines) is 1. The summed E-state index contributed by atoms with van der Waals surface area (Å²) in [6.45, 7) is 3.34. The Bertz CT molecular complexity index is 479. The minimum absolute atomic E-state index is 0.0745. The molecule has 1 fully saturated rings. The second-order valence-electron chi connectivity index (χ2n) is 5.02. The Hall–Kier alpha value is -0.770. The second kappa shape index (κ2) is 6.12. The van der Waals surface area contributed by atoms with Crippen molar-refractivity contribution in [3.63, 3.8) is 0 Å². The van der Waals surface area contributed by atoms with E-state index in [0.29, 0.717) is 28.1 Å². The average Bonchev–Trinajstić information content (AvgIpc) is 2.41. The van der Waals surface area contributed by atoms with Crippen LogP contribution >= 0.6 is 23.2 Å². The molecule has 5 heteroatoms. The molecule has 2 N–H and O–H groups in total. The molecule has 0 aromatic heterocycles. The van der Waals surface area contributed by atoms with Crippen molar-refractivity contribution in [3.05, 3.63) is 33.8 Å². The van der Waals surface area contributed by atoms with Gasteiger partial charge in [-0.2, -0.15) is 0 Å². The van der Waals surface area contributed by atoms with E-state index >= 15 is 0 Å². The minimum Gasteiger partial charge on any atom is -0.334 e. The molecule has 3 nitrogen and oxygen atoms in total. The van der Waals surface area contributed by atoms with Crippen molar-refractivity contribution in [3.8, 4) is 0 Å². The molecule has 19 heavy (non-hydrogen) atoms. The zero-order valence-electron chi connectivity index (χ0n) is 10.9. The van der Waals surface area contributed by atoms with Crippen molar-refractivity contribution in [2.24, 2.45) is 11.7 Å². The van der Waals surface area contributed by atoms with Gasteiger partial charge in [-0.05, 0) is 30.9 Å². The molecular formula is C14H18Cl2N2O. The summed E-state index contributed by atoms with van der Waals surface area (Å²) >= 11 is 12.1. The van der Waals surface area contributed by atoms with Gasteiger partial charge in [0.25, 0.3) is 5.91 Å². The first kappa shape index (κ1) is 14.6. The number of hydrogen-bond donors (Lipinski definition) is 1. The number of rotatable bonds is 2. The predicted octanol–water partition coefficient (Wildman–Crippen LogP) is 3.19. The standard InChI is InChI=1S/C14H18Cl2N2O/c1-9-4-3-7-18(12(9)8-17)14(19)10-5-2-6-11(15)13(10)16/h2,5-6,9,12H,3-4,7-8,17H2,1H3. The van der Waals surface area contributed by atoms with Gasteiger partial charge in [0.05, 0.1) is 15.6 Å². The van der Waals surface area contributed by atoms with Crippen LogP contribution in [0.15, 0.2) is 18.2 Å². The topological polar surface area (TPSA) is 46.3 Å². The van der Waals surface area contributed by atoms with Crippen LogP contribution in [-0.4, -0.2) is 29.9 Å². The lowest BCUT2D eigenvalue weighted by molar-refractivity contribution is 0.0533. The quantitative estimate of drug-likeness (QED) is 0.912. The molecule has 1 amide bonds. The van der Waals surface area contributed by atoms with Crippen molar-refractivity contribution in [2.45, 2.75) is 25.8 Å². The van der Waals surface area contributed by atoms with E-state index in [4.69, 9.17) is 28.9 Å². The van der Waals surface area contributed by atoms with E-state index in [9.17, 15) is 4.79 Å². The summed E-state index contributed by atoms with van der Waals surface area (Å²) in [5, 5.41) is 0.727. The third-order valence-corrected chi connectivity index (χ3v) is 4.62. The van der Waals surface area contributed by atoms with Crippen LogP contribution in [0.25, 0.3) is 0 Å². The van der Waals surface area contributed by atoms with Crippen LogP contribution in [0, 0.1) is 5.92 Å². The molecule has 2 unspecified atom stereocenters. The molecule has 0 saturated carbocycles. The number of carbonyl (C=O) groups excluding carboxylic acids is 1. The molecule has 1 saturated heterocycles. The fourth-order valence-electron chi connectivity index (χ4n) is 2.68. The smallest absolute Gasteiger partial charge is 0.255 e. The zero-order valence-corrected chi connectivity index (χ0v) is 12.4. The van der Waals surface area contributed by atoms with Crippen molar-refractivity contribution >= 4 is 29.1 Å². The van der Waals surface area contributed by atoms with Crippen molar-refractivity contribution in [1.29, 1.82) is 0 Å². The average molecular weight is 301 g/mol. The van der Waals surface area contributed by atoms with Gasteiger partial charge in [0.2, 0.25) is 0 Å². The van der Waals surface area contributed by atoms with E-state index in [1.807, 2.05) is 4.90 Å². The Kier molecular flexibility index (Phi) is 4.71. The maximum absolute atomic E-state index is 12.6. The van der Waals surface area contributed by atoms with Crippen LogP contribution in [0.5, 0.6) is 0 Å². The van der Waals surface area contributed by atoms with Gasteiger partial charge >= 0.3 is 0 Å². The second-order valence-corrected chi connectivity index (χ2v) is 5.81. The monoisotopic (exact) mass is 300 g/mol. The molecule has 2 atom stereocenters.